The molecule has 0 spiro atoms. The molecule has 1 amide bonds. The van der Waals surface area contributed by atoms with Gasteiger partial charge in [0, 0.05) is 0 Å². The van der Waals surface area contributed by atoms with Gasteiger partial charge in [0.2, 0.25) is 10.0 Å². The number of carbonyl (C=O) groups is 1. The van der Waals surface area contributed by atoms with Gasteiger partial charge in [0.25, 0.3) is 5.91 Å². The fraction of sp³-hybridized carbons (Fsp3) is 0.269. The van der Waals surface area contributed by atoms with Crippen LogP contribution in [0.1, 0.15) is 30.5 Å². The predicted molar refractivity (Wildman–Crippen MR) is 131 cm³/mol. The molecule has 0 fully saturated rings. The number of amides is 1. The Bertz CT molecular complexity index is 1230. The minimum atomic E-state index is -3.75. The van der Waals surface area contributed by atoms with Crippen LogP contribution in [0.2, 0.25) is 0 Å². The topological polar surface area (TPSA) is 84.9 Å². The van der Waals surface area contributed by atoms with E-state index in [-0.39, 0.29) is 24.2 Å². The number of fused-ring (bicyclic) bond motifs is 1. The number of anilines is 1. The molecule has 7 nitrogen and oxygen atoms in total. The fourth-order valence-corrected chi connectivity index (χ4v) is 5.57. The van der Waals surface area contributed by atoms with E-state index in [1.54, 1.807) is 55.6 Å². The van der Waals surface area contributed by atoms with Crippen molar-refractivity contribution in [3.63, 3.8) is 0 Å². The molecule has 0 aromatic heterocycles. The minimum absolute atomic E-state index is 0.100. The molecule has 3 aromatic rings. The largest absolute Gasteiger partial charge is 0.497 e. The third kappa shape index (κ3) is 5.17. The summed E-state index contributed by atoms with van der Waals surface area (Å²) in [5.74, 6) is 0.566. The van der Waals surface area contributed by atoms with Crippen LogP contribution in [0.3, 0.4) is 0 Å². The van der Waals surface area contributed by atoms with Gasteiger partial charge >= 0.3 is 0 Å². The zero-order valence-corrected chi connectivity index (χ0v) is 20.0. The molecule has 0 radical (unpaired) electrons. The van der Waals surface area contributed by atoms with E-state index in [4.69, 9.17) is 9.47 Å². The molecule has 1 aliphatic rings. The number of sulfonamides is 1. The molecule has 34 heavy (non-hydrogen) atoms. The third-order valence-corrected chi connectivity index (χ3v) is 7.51. The van der Waals surface area contributed by atoms with Crippen LogP contribution in [0, 0.1) is 0 Å². The van der Waals surface area contributed by atoms with E-state index in [1.807, 2.05) is 37.3 Å². The van der Waals surface area contributed by atoms with E-state index in [0.29, 0.717) is 23.4 Å². The first-order valence-electron chi connectivity index (χ1n) is 11.2. The molecule has 0 saturated heterocycles. The predicted octanol–water partition coefficient (Wildman–Crippen LogP) is 4.06. The third-order valence-electron chi connectivity index (χ3n) is 5.80. The van der Waals surface area contributed by atoms with Crippen molar-refractivity contribution in [3.8, 4) is 11.5 Å². The molecular weight excluding hydrogens is 452 g/mol. The maximum Gasteiger partial charge on any atom is 0.263 e. The first kappa shape index (κ1) is 23.6. The van der Waals surface area contributed by atoms with E-state index in [2.05, 4.69) is 5.32 Å². The van der Waals surface area contributed by atoms with Gasteiger partial charge in [-0.1, -0.05) is 61.5 Å². The van der Waals surface area contributed by atoms with Crippen molar-refractivity contribution in [1.29, 1.82) is 0 Å². The summed E-state index contributed by atoms with van der Waals surface area (Å²) in [4.78, 5) is 13.2. The summed E-state index contributed by atoms with van der Waals surface area (Å²) in [7, 11) is -2.15. The molecule has 0 bridgehead atoms. The summed E-state index contributed by atoms with van der Waals surface area (Å²) in [5, 5.41) is 3.02. The van der Waals surface area contributed by atoms with Crippen molar-refractivity contribution >= 4 is 21.6 Å². The normalized spacial score (nSPS) is 16.2. The highest BCUT2D eigenvalue weighted by atomic mass is 32.2. The lowest BCUT2D eigenvalue weighted by Crippen LogP contribution is -2.51. The fourth-order valence-electron chi connectivity index (χ4n) is 3.99. The molecule has 3 aromatic carbocycles. The first-order chi connectivity index (χ1) is 16.4. The van der Waals surface area contributed by atoms with Crippen LogP contribution in [0.5, 0.6) is 11.5 Å². The highest BCUT2D eigenvalue weighted by Gasteiger charge is 2.37. The van der Waals surface area contributed by atoms with Crippen molar-refractivity contribution in [1.82, 2.24) is 5.32 Å². The van der Waals surface area contributed by atoms with Crippen LogP contribution in [0.4, 0.5) is 5.69 Å². The second kappa shape index (κ2) is 10.2. The lowest BCUT2D eigenvalue weighted by atomic mass is 10.0. The van der Waals surface area contributed by atoms with Crippen molar-refractivity contribution in [2.75, 3.05) is 18.0 Å². The number of rotatable bonds is 8. The van der Waals surface area contributed by atoms with Crippen LogP contribution in [0.15, 0.2) is 78.9 Å². The quantitative estimate of drug-likeness (QED) is 0.526. The maximum atomic E-state index is 13.4. The minimum Gasteiger partial charge on any atom is -0.497 e. The Morgan fingerprint density at radius 2 is 1.74 bits per heavy atom. The lowest BCUT2D eigenvalue weighted by Gasteiger charge is -2.35. The molecule has 0 unspecified atom stereocenters. The average molecular weight is 481 g/mol. The second-order valence-corrected chi connectivity index (χ2v) is 9.98. The molecule has 4 rings (SSSR count). The Labute approximate surface area is 200 Å². The Morgan fingerprint density at radius 3 is 2.41 bits per heavy atom. The van der Waals surface area contributed by atoms with E-state index in [9.17, 15) is 13.2 Å². The second-order valence-electron chi connectivity index (χ2n) is 8.09. The molecule has 1 N–H and O–H groups in total. The van der Waals surface area contributed by atoms with E-state index >= 15 is 0 Å². The monoisotopic (exact) mass is 480 g/mol. The average Bonchev–Trinajstić information content (AvgIpc) is 2.86. The van der Waals surface area contributed by atoms with Crippen molar-refractivity contribution in [2.45, 2.75) is 31.2 Å². The molecular formula is C26H28N2O5S. The van der Waals surface area contributed by atoms with Gasteiger partial charge in [0.1, 0.15) is 11.5 Å². The van der Waals surface area contributed by atoms with Crippen LogP contribution < -0.4 is 19.1 Å². The van der Waals surface area contributed by atoms with Crippen LogP contribution >= 0.6 is 0 Å². The van der Waals surface area contributed by atoms with Gasteiger partial charge in [-0.3, -0.25) is 9.10 Å². The summed E-state index contributed by atoms with van der Waals surface area (Å²) in [5.41, 5.74) is 2.05. The Kier molecular flexibility index (Phi) is 7.07. The van der Waals surface area contributed by atoms with Crippen molar-refractivity contribution in [2.24, 2.45) is 0 Å². The molecule has 1 heterocycles. The molecule has 0 aliphatic carbocycles. The summed E-state index contributed by atoms with van der Waals surface area (Å²) >= 11 is 0. The first-order valence-corrected chi connectivity index (χ1v) is 12.8. The van der Waals surface area contributed by atoms with Crippen molar-refractivity contribution < 1.29 is 22.7 Å². The van der Waals surface area contributed by atoms with Crippen molar-refractivity contribution in [3.05, 3.63) is 90.0 Å². The number of benzene rings is 3. The number of hydrogen-bond donors (Lipinski definition) is 1. The molecule has 2 atom stereocenters. The molecule has 178 valence electrons. The van der Waals surface area contributed by atoms with E-state index in [0.717, 1.165) is 11.3 Å². The Balaban J connectivity index is 1.56. The number of nitrogens with zero attached hydrogens (tertiary/aromatic N) is 1. The smallest absolute Gasteiger partial charge is 0.263 e. The van der Waals surface area contributed by atoms with Crippen LogP contribution in [-0.2, 0) is 20.6 Å². The van der Waals surface area contributed by atoms with Gasteiger partial charge in [0.15, 0.2) is 6.10 Å². The number of carbonyl (C=O) groups excluding carboxylic acids is 1. The van der Waals surface area contributed by atoms with Gasteiger partial charge < -0.3 is 14.8 Å². The van der Waals surface area contributed by atoms with Crippen LogP contribution in [0.25, 0.3) is 0 Å². The standard InChI is InChI=1S/C26H28N2O5S/c1-3-22(20-13-15-21(32-2)16-14-20)27-26(29)25-17-28(23-11-7-8-12-24(23)33-25)34(30,31)18-19-9-5-4-6-10-19/h4-16,22,25H,3,17-18H2,1-2H3,(H,27,29)/t22-,25-/m0/s1. The van der Waals surface area contributed by atoms with Gasteiger partial charge in [-0.25, -0.2) is 8.42 Å². The zero-order chi connectivity index (χ0) is 24.1. The van der Waals surface area contributed by atoms with E-state index in [1.165, 1.54) is 4.31 Å². The summed E-state index contributed by atoms with van der Waals surface area (Å²) in [6.07, 6.45) is -0.315. The zero-order valence-electron chi connectivity index (χ0n) is 19.2. The highest BCUT2D eigenvalue weighted by Crippen LogP contribution is 2.36. The number of hydrogen-bond acceptors (Lipinski definition) is 5. The number of para-hydroxylation sites is 2. The Hall–Kier alpha value is -3.52. The SMILES string of the molecule is CC[C@H](NC(=O)[C@@H]1CN(S(=O)(=O)Cc2ccccc2)c2ccccc2O1)c1ccc(OC)cc1. The lowest BCUT2D eigenvalue weighted by molar-refractivity contribution is -0.128. The number of nitrogens with one attached hydrogen (secondary N) is 1. The van der Waals surface area contributed by atoms with Gasteiger partial charge in [0.05, 0.1) is 31.1 Å². The van der Waals surface area contributed by atoms with Gasteiger partial charge in [-0.05, 0) is 41.8 Å². The summed E-state index contributed by atoms with van der Waals surface area (Å²) < 4.78 is 39.2. The van der Waals surface area contributed by atoms with Gasteiger partial charge in [-0.15, -0.1) is 0 Å². The van der Waals surface area contributed by atoms with E-state index < -0.39 is 16.1 Å². The summed E-state index contributed by atoms with van der Waals surface area (Å²) in [6.45, 7) is 1.87. The molecule has 0 saturated carbocycles. The molecule has 8 heteroatoms. The highest BCUT2D eigenvalue weighted by molar-refractivity contribution is 7.92. The Morgan fingerprint density at radius 1 is 1.06 bits per heavy atom. The molecule has 1 aliphatic heterocycles. The van der Waals surface area contributed by atoms with Gasteiger partial charge in [-0.2, -0.15) is 0 Å². The van der Waals surface area contributed by atoms with Crippen LogP contribution in [-0.4, -0.2) is 34.1 Å². The summed E-state index contributed by atoms with van der Waals surface area (Å²) in [6, 6.07) is 23.1. The maximum absolute atomic E-state index is 13.4. The number of ether oxygens (including phenoxy) is 2. The number of methoxy groups -OCH3 is 1.